The molecule has 0 aliphatic carbocycles. The van der Waals surface area contributed by atoms with E-state index in [4.69, 9.17) is 5.11 Å². The molecule has 4 heteroatoms. The van der Waals surface area contributed by atoms with Crippen LogP contribution in [-0.4, -0.2) is 35.6 Å². The van der Waals surface area contributed by atoms with Crippen molar-refractivity contribution in [3.8, 4) is 0 Å². The Kier molecular flexibility index (Phi) is 6.07. The van der Waals surface area contributed by atoms with Crippen LogP contribution in [0.4, 0.5) is 5.69 Å². The molecule has 0 radical (unpaired) electrons. The van der Waals surface area contributed by atoms with Crippen LogP contribution in [0.3, 0.4) is 0 Å². The van der Waals surface area contributed by atoms with E-state index in [2.05, 4.69) is 34.5 Å². The summed E-state index contributed by atoms with van der Waals surface area (Å²) < 4.78 is 0. The van der Waals surface area contributed by atoms with E-state index in [1.165, 1.54) is 37.9 Å². The van der Waals surface area contributed by atoms with E-state index in [0.717, 1.165) is 24.2 Å². The Bertz CT molecular complexity index is 691. The standard InChI is InChI=1S/C21H26N2O2/c24-21(25)19-6-4-5-18(15-19)16-22-20-9-7-17(8-10-20)11-14-23-12-2-1-3-13-23/h4-10,15,22H,1-3,11-14,16H2,(H,24,25). The molecule has 0 aromatic heterocycles. The SMILES string of the molecule is O=C(O)c1cccc(CNc2ccc(CCN3CCCCC3)cc2)c1. The van der Waals surface area contributed by atoms with Crippen molar-refractivity contribution >= 4 is 11.7 Å². The van der Waals surface area contributed by atoms with E-state index in [0.29, 0.717) is 12.1 Å². The molecule has 1 saturated heterocycles. The molecular formula is C21H26N2O2. The molecule has 2 aromatic carbocycles. The maximum absolute atomic E-state index is 11.0. The molecule has 0 amide bonds. The zero-order chi connectivity index (χ0) is 17.5. The van der Waals surface area contributed by atoms with Gasteiger partial charge in [-0.25, -0.2) is 4.79 Å². The predicted octanol–water partition coefficient (Wildman–Crippen LogP) is 4.03. The number of rotatable bonds is 7. The van der Waals surface area contributed by atoms with Crippen LogP contribution in [0, 0.1) is 0 Å². The third-order valence-corrected chi connectivity index (χ3v) is 4.79. The van der Waals surface area contributed by atoms with Crippen LogP contribution in [0.1, 0.15) is 40.7 Å². The molecule has 2 N–H and O–H groups in total. The van der Waals surface area contributed by atoms with Crippen molar-refractivity contribution in [1.29, 1.82) is 0 Å². The number of anilines is 1. The smallest absolute Gasteiger partial charge is 0.335 e. The lowest BCUT2D eigenvalue weighted by Gasteiger charge is -2.26. The first-order chi connectivity index (χ1) is 12.2. The Hall–Kier alpha value is -2.33. The summed E-state index contributed by atoms with van der Waals surface area (Å²) >= 11 is 0. The van der Waals surface area contributed by atoms with Crippen molar-refractivity contribution in [2.45, 2.75) is 32.2 Å². The lowest BCUT2D eigenvalue weighted by Crippen LogP contribution is -2.31. The van der Waals surface area contributed by atoms with Crippen molar-refractivity contribution in [3.63, 3.8) is 0 Å². The van der Waals surface area contributed by atoms with Gasteiger partial charge in [-0.2, -0.15) is 0 Å². The molecule has 1 aliphatic heterocycles. The number of benzene rings is 2. The lowest BCUT2D eigenvalue weighted by molar-refractivity contribution is 0.0697. The molecule has 25 heavy (non-hydrogen) atoms. The monoisotopic (exact) mass is 338 g/mol. The number of hydrogen-bond donors (Lipinski definition) is 2. The second kappa shape index (κ2) is 8.67. The van der Waals surface area contributed by atoms with Gasteiger partial charge in [0.2, 0.25) is 0 Å². The highest BCUT2D eigenvalue weighted by atomic mass is 16.4. The Morgan fingerprint density at radius 3 is 2.48 bits per heavy atom. The molecule has 0 bridgehead atoms. The van der Waals surface area contributed by atoms with Crippen LogP contribution in [0.5, 0.6) is 0 Å². The van der Waals surface area contributed by atoms with Gasteiger partial charge < -0.3 is 15.3 Å². The molecule has 2 aromatic rings. The van der Waals surface area contributed by atoms with E-state index < -0.39 is 5.97 Å². The number of aromatic carboxylic acids is 1. The average molecular weight is 338 g/mol. The maximum atomic E-state index is 11.0. The molecule has 0 saturated carbocycles. The van der Waals surface area contributed by atoms with E-state index in [9.17, 15) is 4.79 Å². The first-order valence-corrected chi connectivity index (χ1v) is 9.08. The highest BCUT2D eigenvalue weighted by Gasteiger charge is 2.09. The molecule has 1 fully saturated rings. The highest BCUT2D eigenvalue weighted by Crippen LogP contribution is 2.14. The van der Waals surface area contributed by atoms with Crippen molar-refractivity contribution in [2.24, 2.45) is 0 Å². The number of carboxylic acid groups (broad SMARTS) is 1. The van der Waals surface area contributed by atoms with Gasteiger partial charge in [0.15, 0.2) is 0 Å². The average Bonchev–Trinajstić information content (AvgIpc) is 2.66. The number of hydrogen-bond acceptors (Lipinski definition) is 3. The Labute approximate surface area is 149 Å². The number of carboxylic acids is 1. The third kappa shape index (κ3) is 5.33. The van der Waals surface area contributed by atoms with Crippen LogP contribution < -0.4 is 5.32 Å². The van der Waals surface area contributed by atoms with Crippen LogP contribution in [-0.2, 0) is 13.0 Å². The summed E-state index contributed by atoms with van der Waals surface area (Å²) in [6.45, 7) is 4.26. The number of carbonyl (C=O) groups is 1. The highest BCUT2D eigenvalue weighted by molar-refractivity contribution is 5.87. The summed E-state index contributed by atoms with van der Waals surface area (Å²) in [5, 5.41) is 12.4. The van der Waals surface area contributed by atoms with Crippen LogP contribution in [0.15, 0.2) is 48.5 Å². The van der Waals surface area contributed by atoms with Gasteiger partial charge in [-0.15, -0.1) is 0 Å². The van der Waals surface area contributed by atoms with Crippen molar-refractivity contribution in [2.75, 3.05) is 25.0 Å². The second-order valence-electron chi connectivity index (χ2n) is 6.71. The molecule has 4 nitrogen and oxygen atoms in total. The fourth-order valence-electron chi connectivity index (χ4n) is 3.28. The minimum absolute atomic E-state index is 0.326. The van der Waals surface area contributed by atoms with Gasteiger partial charge >= 0.3 is 5.97 Å². The van der Waals surface area contributed by atoms with Gasteiger partial charge in [0.25, 0.3) is 0 Å². The van der Waals surface area contributed by atoms with Crippen LogP contribution >= 0.6 is 0 Å². The largest absolute Gasteiger partial charge is 0.478 e. The molecule has 0 spiro atoms. The molecular weight excluding hydrogens is 312 g/mol. The topological polar surface area (TPSA) is 52.6 Å². The zero-order valence-corrected chi connectivity index (χ0v) is 14.6. The molecule has 1 aliphatic rings. The van der Waals surface area contributed by atoms with Crippen LogP contribution in [0.25, 0.3) is 0 Å². The first-order valence-electron chi connectivity index (χ1n) is 9.08. The first kappa shape index (κ1) is 17.5. The summed E-state index contributed by atoms with van der Waals surface area (Å²) in [7, 11) is 0. The third-order valence-electron chi connectivity index (χ3n) is 4.79. The van der Waals surface area contributed by atoms with Gasteiger partial charge in [0.05, 0.1) is 5.56 Å². The van der Waals surface area contributed by atoms with E-state index >= 15 is 0 Å². The molecule has 132 valence electrons. The van der Waals surface area contributed by atoms with Gasteiger partial charge in [-0.3, -0.25) is 0 Å². The number of likely N-dealkylation sites (tertiary alicyclic amines) is 1. The van der Waals surface area contributed by atoms with Gasteiger partial charge in [-0.1, -0.05) is 30.7 Å². The number of nitrogens with one attached hydrogen (secondary N) is 1. The molecule has 0 atom stereocenters. The molecule has 1 heterocycles. The van der Waals surface area contributed by atoms with Gasteiger partial charge in [0.1, 0.15) is 0 Å². The Balaban J connectivity index is 1.48. The fraction of sp³-hybridized carbons (Fsp3) is 0.381. The zero-order valence-electron chi connectivity index (χ0n) is 14.6. The van der Waals surface area contributed by atoms with Crippen molar-refractivity contribution in [1.82, 2.24) is 4.90 Å². The summed E-state index contributed by atoms with van der Waals surface area (Å²) in [4.78, 5) is 13.6. The van der Waals surface area contributed by atoms with Gasteiger partial charge in [0, 0.05) is 18.8 Å². The summed E-state index contributed by atoms with van der Waals surface area (Å²) in [5.74, 6) is -0.889. The quantitative estimate of drug-likeness (QED) is 0.800. The van der Waals surface area contributed by atoms with Crippen molar-refractivity contribution < 1.29 is 9.90 Å². The van der Waals surface area contributed by atoms with E-state index in [-0.39, 0.29) is 0 Å². The minimum atomic E-state index is -0.889. The van der Waals surface area contributed by atoms with E-state index in [1.54, 1.807) is 18.2 Å². The second-order valence-corrected chi connectivity index (χ2v) is 6.71. The maximum Gasteiger partial charge on any atom is 0.335 e. The summed E-state index contributed by atoms with van der Waals surface area (Å²) in [5.41, 5.74) is 3.72. The Morgan fingerprint density at radius 1 is 1.00 bits per heavy atom. The molecule has 3 rings (SSSR count). The molecule has 0 unspecified atom stereocenters. The van der Waals surface area contributed by atoms with E-state index in [1.807, 2.05) is 6.07 Å². The minimum Gasteiger partial charge on any atom is -0.478 e. The van der Waals surface area contributed by atoms with Crippen molar-refractivity contribution in [3.05, 3.63) is 65.2 Å². The summed E-state index contributed by atoms with van der Waals surface area (Å²) in [6, 6.07) is 15.6. The Morgan fingerprint density at radius 2 is 1.76 bits per heavy atom. The summed E-state index contributed by atoms with van der Waals surface area (Å²) in [6.07, 6.45) is 5.16. The number of nitrogens with zero attached hydrogens (tertiary/aromatic N) is 1. The van der Waals surface area contributed by atoms with Gasteiger partial charge in [-0.05, 0) is 67.7 Å². The normalized spacial score (nSPS) is 15.0. The van der Waals surface area contributed by atoms with Crippen LogP contribution in [0.2, 0.25) is 0 Å². The number of piperidine rings is 1. The fourth-order valence-corrected chi connectivity index (χ4v) is 3.28. The predicted molar refractivity (Wildman–Crippen MR) is 101 cm³/mol. The lowest BCUT2D eigenvalue weighted by atomic mass is 10.1.